The summed E-state index contributed by atoms with van der Waals surface area (Å²) in [6.07, 6.45) is 0. The van der Waals surface area contributed by atoms with E-state index in [4.69, 9.17) is 4.74 Å². The van der Waals surface area contributed by atoms with Crippen molar-refractivity contribution in [3.8, 4) is 0 Å². The molecule has 0 atom stereocenters. The van der Waals surface area contributed by atoms with Gasteiger partial charge >= 0.3 is 17.4 Å². The van der Waals surface area contributed by atoms with Gasteiger partial charge in [-0.1, -0.05) is 0 Å². The van der Waals surface area contributed by atoms with E-state index in [9.17, 15) is 14.4 Å². The zero-order valence-electron chi connectivity index (χ0n) is 8.97. The van der Waals surface area contributed by atoms with Gasteiger partial charge in [-0.2, -0.15) is 0 Å². The van der Waals surface area contributed by atoms with Gasteiger partial charge in [0.05, 0.1) is 12.0 Å². The zero-order chi connectivity index (χ0) is 12.4. The summed E-state index contributed by atoms with van der Waals surface area (Å²) in [6, 6.07) is 1.55. The third-order valence-electron chi connectivity index (χ3n) is 2.10. The van der Waals surface area contributed by atoms with E-state index in [2.05, 4.69) is 4.42 Å². The van der Waals surface area contributed by atoms with Crippen molar-refractivity contribution in [1.29, 1.82) is 0 Å². The fourth-order valence-electron chi connectivity index (χ4n) is 1.41. The molecular weight excluding hydrogens is 246 g/mol. The first-order valence-electron chi connectivity index (χ1n) is 4.90. The van der Waals surface area contributed by atoms with Gasteiger partial charge in [-0.3, -0.25) is 9.36 Å². The van der Waals surface area contributed by atoms with Crippen LogP contribution >= 0.6 is 11.3 Å². The monoisotopic (exact) mass is 255 g/mol. The van der Waals surface area contributed by atoms with Crippen molar-refractivity contribution in [3.05, 3.63) is 32.4 Å². The number of hydrogen-bond acceptors (Lipinski definition) is 6. The number of carbonyl (C=O) groups excluding carboxylic acids is 1. The Morgan fingerprint density at radius 3 is 3.00 bits per heavy atom. The summed E-state index contributed by atoms with van der Waals surface area (Å²) in [6.45, 7) is 1.65. The number of ether oxygens (including phenoxy) is 1. The number of carbonyl (C=O) groups is 1. The first-order chi connectivity index (χ1) is 8.13. The molecule has 0 aliphatic heterocycles. The van der Waals surface area contributed by atoms with Crippen molar-refractivity contribution < 1.29 is 13.9 Å². The van der Waals surface area contributed by atoms with Gasteiger partial charge in [0.15, 0.2) is 0 Å². The maximum atomic E-state index is 11.5. The predicted octanol–water partition coefficient (Wildman–Crippen LogP) is 0.579. The molecular formula is C10H9NO5S. The highest BCUT2D eigenvalue weighted by Crippen LogP contribution is 2.15. The van der Waals surface area contributed by atoms with Crippen LogP contribution in [0.25, 0.3) is 10.2 Å². The lowest BCUT2D eigenvalue weighted by Crippen LogP contribution is -2.28. The van der Waals surface area contributed by atoms with E-state index in [0.717, 1.165) is 4.57 Å². The maximum absolute atomic E-state index is 11.5. The van der Waals surface area contributed by atoms with Crippen LogP contribution in [0, 0.1) is 0 Å². The minimum Gasteiger partial charge on any atom is -0.465 e. The molecule has 0 fully saturated rings. The molecule has 2 rings (SSSR count). The Bertz CT molecular complexity index is 665. The summed E-state index contributed by atoms with van der Waals surface area (Å²) in [5, 5.41) is 1.95. The molecule has 0 saturated carbocycles. The van der Waals surface area contributed by atoms with E-state index in [1.807, 2.05) is 0 Å². The molecule has 0 amide bonds. The van der Waals surface area contributed by atoms with E-state index in [-0.39, 0.29) is 13.2 Å². The Morgan fingerprint density at radius 1 is 1.53 bits per heavy atom. The topological polar surface area (TPSA) is 78.5 Å². The lowest BCUT2D eigenvalue weighted by molar-refractivity contribution is -0.143. The smallest absolute Gasteiger partial charge is 0.423 e. The van der Waals surface area contributed by atoms with Crippen LogP contribution in [-0.2, 0) is 16.1 Å². The Labute approximate surface area is 99.0 Å². The number of aromatic nitrogens is 1. The SMILES string of the molecule is CCOC(=O)Cn1c(=O)oc(=O)c2ccsc21. The molecule has 90 valence electrons. The van der Waals surface area contributed by atoms with E-state index in [1.54, 1.807) is 18.4 Å². The summed E-state index contributed by atoms with van der Waals surface area (Å²) in [4.78, 5) is 34.6. The zero-order valence-corrected chi connectivity index (χ0v) is 9.78. The minimum atomic E-state index is -0.849. The van der Waals surface area contributed by atoms with Crippen LogP contribution in [0.5, 0.6) is 0 Å². The Balaban J connectivity index is 2.53. The second kappa shape index (κ2) is 4.54. The predicted molar refractivity (Wildman–Crippen MR) is 61.3 cm³/mol. The van der Waals surface area contributed by atoms with Crippen LogP contribution in [0.2, 0.25) is 0 Å². The van der Waals surface area contributed by atoms with Crippen molar-refractivity contribution in [2.45, 2.75) is 13.5 Å². The number of hydrogen-bond donors (Lipinski definition) is 0. The average Bonchev–Trinajstić information content (AvgIpc) is 2.73. The highest BCUT2D eigenvalue weighted by atomic mass is 32.1. The summed E-state index contributed by atoms with van der Waals surface area (Å²) < 4.78 is 10.3. The molecule has 2 heterocycles. The highest BCUT2D eigenvalue weighted by Gasteiger charge is 2.13. The van der Waals surface area contributed by atoms with Crippen LogP contribution in [0.4, 0.5) is 0 Å². The van der Waals surface area contributed by atoms with Crippen molar-refractivity contribution in [1.82, 2.24) is 4.57 Å². The van der Waals surface area contributed by atoms with Crippen LogP contribution in [-0.4, -0.2) is 17.1 Å². The van der Waals surface area contributed by atoms with Gasteiger partial charge in [-0.15, -0.1) is 11.3 Å². The van der Waals surface area contributed by atoms with E-state index >= 15 is 0 Å². The Morgan fingerprint density at radius 2 is 2.29 bits per heavy atom. The Hall–Kier alpha value is -1.89. The second-order valence-corrected chi connectivity index (χ2v) is 4.08. The highest BCUT2D eigenvalue weighted by molar-refractivity contribution is 7.16. The van der Waals surface area contributed by atoms with Gasteiger partial charge < -0.3 is 9.15 Å². The van der Waals surface area contributed by atoms with Crippen LogP contribution < -0.4 is 11.4 Å². The van der Waals surface area contributed by atoms with Gasteiger partial charge in [0, 0.05) is 0 Å². The number of fused-ring (bicyclic) bond motifs is 1. The van der Waals surface area contributed by atoms with Crippen molar-refractivity contribution in [2.24, 2.45) is 0 Å². The maximum Gasteiger partial charge on any atom is 0.423 e. The third-order valence-corrected chi connectivity index (χ3v) is 3.04. The van der Waals surface area contributed by atoms with Gasteiger partial charge in [-0.05, 0) is 18.4 Å². The second-order valence-electron chi connectivity index (χ2n) is 3.19. The first-order valence-corrected chi connectivity index (χ1v) is 5.78. The molecule has 6 nitrogen and oxygen atoms in total. The molecule has 17 heavy (non-hydrogen) atoms. The molecule has 0 spiro atoms. The van der Waals surface area contributed by atoms with Gasteiger partial charge in [0.25, 0.3) is 0 Å². The molecule has 2 aromatic rings. The van der Waals surface area contributed by atoms with E-state index in [1.165, 1.54) is 11.3 Å². The molecule has 0 aromatic carbocycles. The third kappa shape index (κ3) is 2.14. The van der Waals surface area contributed by atoms with Gasteiger partial charge in [0.2, 0.25) is 0 Å². The summed E-state index contributed by atoms with van der Waals surface area (Å²) in [5.74, 6) is -1.39. The molecule has 0 aliphatic rings. The summed E-state index contributed by atoms with van der Waals surface area (Å²) in [5.41, 5.74) is -0.689. The lowest BCUT2D eigenvalue weighted by atomic mass is 10.4. The van der Waals surface area contributed by atoms with Gasteiger partial charge in [-0.25, -0.2) is 9.59 Å². The molecule has 2 aromatic heterocycles. The van der Waals surface area contributed by atoms with E-state index in [0.29, 0.717) is 10.2 Å². The van der Waals surface area contributed by atoms with Crippen LogP contribution in [0.15, 0.2) is 25.5 Å². The van der Waals surface area contributed by atoms with E-state index < -0.39 is 17.4 Å². The first kappa shape index (κ1) is 11.6. The lowest BCUT2D eigenvalue weighted by Gasteiger charge is -2.04. The fourth-order valence-corrected chi connectivity index (χ4v) is 2.29. The number of rotatable bonds is 3. The molecule has 0 N–H and O–H groups in total. The summed E-state index contributed by atoms with van der Waals surface area (Å²) >= 11 is 1.20. The molecule has 0 saturated heterocycles. The summed E-state index contributed by atoms with van der Waals surface area (Å²) in [7, 11) is 0. The number of nitrogens with zero attached hydrogens (tertiary/aromatic N) is 1. The van der Waals surface area contributed by atoms with Gasteiger partial charge in [0.1, 0.15) is 11.4 Å². The largest absolute Gasteiger partial charge is 0.465 e. The minimum absolute atomic E-state index is 0.234. The molecule has 0 aliphatic carbocycles. The quantitative estimate of drug-likeness (QED) is 0.749. The van der Waals surface area contributed by atoms with Crippen molar-refractivity contribution in [2.75, 3.05) is 6.61 Å². The van der Waals surface area contributed by atoms with Crippen LogP contribution in [0.1, 0.15) is 6.92 Å². The molecule has 0 unspecified atom stereocenters. The normalized spacial score (nSPS) is 10.6. The van der Waals surface area contributed by atoms with Crippen LogP contribution in [0.3, 0.4) is 0 Å². The standard InChI is InChI=1S/C10H9NO5S/c1-2-15-7(12)5-11-8-6(3-4-17-8)9(13)16-10(11)14/h3-4H,2,5H2,1H3. The fraction of sp³-hybridized carbons (Fsp3) is 0.300. The number of esters is 1. The molecule has 0 radical (unpaired) electrons. The number of thiophene rings is 1. The molecule has 7 heteroatoms. The van der Waals surface area contributed by atoms with Crippen molar-refractivity contribution in [3.63, 3.8) is 0 Å². The van der Waals surface area contributed by atoms with Crippen molar-refractivity contribution >= 4 is 27.5 Å². The average molecular weight is 255 g/mol. The Kier molecular flexibility index (Phi) is 3.10. The molecule has 0 bridgehead atoms.